The smallest absolute Gasteiger partial charge is 0.271 e. The number of rotatable bonds is 11. The fourth-order valence-electron chi connectivity index (χ4n) is 3.08. The monoisotopic (exact) mass is 427 g/mol. The third-order valence-electron chi connectivity index (χ3n) is 5.01. The van der Waals surface area contributed by atoms with Gasteiger partial charge in [0.2, 0.25) is 5.91 Å². The van der Waals surface area contributed by atoms with E-state index >= 15 is 0 Å². The van der Waals surface area contributed by atoms with Crippen LogP contribution < -0.4 is 26.6 Å². The molecule has 0 spiro atoms. The van der Waals surface area contributed by atoms with E-state index in [0.717, 1.165) is 23.5 Å². The van der Waals surface area contributed by atoms with Crippen LogP contribution in [0.3, 0.4) is 0 Å². The van der Waals surface area contributed by atoms with Crippen molar-refractivity contribution in [3.8, 4) is 0 Å². The third-order valence-corrected chi connectivity index (χ3v) is 5.01. The van der Waals surface area contributed by atoms with E-state index in [9.17, 15) is 9.59 Å². The van der Waals surface area contributed by atoms with Crippen LogP contribution in [0.1, 0.15) is 48.4 Å². The number of amides is 2. The Labute approximate surface area is 183 Å². The maximum atomic E-state index is 12.0. The summed E-state index contributed by atoms with van der Waals surface area (Å²) in [5, 5.41) is 8.94. The number of nitrogens with one attached hydrogen (secondary N) is 3. The molecule has 1 heterocycles. The summed E-state index contributed by atoms with van der Waals surface area (Å²) in [6, 6.07) is 7.77. The van der Waals surface area contributed by atoms with Crippen molar-refractivity contribution in [2.24, 2.45) is 5.73 Å². The third kappa shape index (κ3) is 6.39. The highest BCUT2D eigenvalue weighted by molar-refractivity contribution is 5.96. The van der Waals surface area contributed by atoms with Gasteiger partial charge in [-0.05, 0) is 44.0 Å². The Morgan fingerprint density at radius 2 is 1.97 bits per heavy atom. The van der Waals surface area contributed by atoms with Crippen LogP contribution in [0.25, 0.3) is 0 Å². The first-order valence-corrected chi connectivity index (χ1v) is 10.5. The van der Waals surface area contributed by atoms with Crippen molar-refractivity contribution in [3.63, 3.8) is 0 Å². The number of hydrogen-bond donors (Lipinski definition) is 4. The molecule has 9 heteroatoms. The lowest BCUT2D eigenvalue weighted by molar-refractivity contribution is -0.120. The molecule has 9 nitrogen and oxygen atoms in total. The van der Waals surface area contributed by atoms with E-state index in [-0.39, 0.29) is 24.1 Å². The second-order valence-electron chi connectivity index (χ2n) is 7.41. The molecule has 0 aliphatic carbocycles. The Bertz CT molecular complexity index is 917. The summed E-state index contributed by atoms with van der Waals surface area (Å²) in [4.78, 5) is 34.9. The summed E-state index contributed by atoms with van der Waals surface area (Å²) >= 11 is 0. The summed E-state index contributed by atoms with van der Waals surface area (Å²) in [6.45, 7) is 7.59. The molecule has 0 bridgehead atoms. The second kappa shape index (κ2) is 11.3. The molecule has 1 aromatic heterocycles. The standard InChI is InChI=1S/C22H33N7O2/c1-6-17-22(29(5)7-2)28-21(19(27-17)20(23)31)26-16-10-8-9-15(11-16)14(3)12-25-18(30)13-24-4/h8-11,14,24H,6-7,12-13H2,1-5H3,(H2,23,31)(H,25,30)(H,26,28). The zero-order valence-corrected chi connectivity index (χ0v) is 19.0. The molecule has 5 N–H and O–H groups in total. The van der Waals surface area contributed by atoms with Crippen LogP contribution >= 0.6 is 0 Å². The quantitative estimate of drug-likeness (QED) is 0.431. The number of aromatic nitrogens is 2. The number of nitrogens with zero attached hydrogens (tertiary/aromatic N) is 3. The van der Waals surface area contributed by atoms with Crippen LogP contribution in [-0.4, -0.2) is 55.5 Å². The highest BCUT2D eigenvalue weighted by Gasteiger charge is 2.19. The Morgan fingerprint density at radius 3 is 2.58 bits per heavy atom. The van der Waals surface area contributed by atoms with E-state index in [4.69, 9.17) is 5.73 Å². The van der Waals surface area contributed by atoms with Gasteiger partial charge in [-0.15, -0.1) is 0 Å². The van der Waals surface area contributed by atoms with Crippen molar-refractivity contribution in [1.82, 2.24) is 20.6 Å². The van der Waals surface area contributed by atoms with Crippen LogP contribution in [0.15, 0.2) is 24.3 Å². The molecule has 2 rings (SSSR count). The summed E-state index contributed by atoms with van der Waals surface area (Å²) in [7, 11) is 3.67. The molecular formula is C22H33N7O2. The molecule has 168 valence electrons. The highest BCUT2D eigenvalue weighted by atomic mass is 16.2. The molecular weight excluding hydrogens is 394 g/mol. The normalized spacial score (nSPS) is 11.6. The van der Waals surface area contributed by atoms with Crippen molar-refractivity contribution in [3.05, 3.63) is 41.2 Å². The maximum Gasteiger partial charge on any atom is 0.271 e. The molecule has 0 saturated carbocycles. The molecule has 2 aromatic rings. The lowest BCUT2D eigenvalue weighted by Gasteiger charge is -2.21. The van der Waals surface area contributed by atoms with Gasteiger partial charge in [-0.1, -0.05) is 26.0 Å². The topological polar surface area (TPSA) is 125 Å². The molecule has 1 unspecified atom stereocenters. The van der Waals surface area contributed by atoms with E-state index < -0.39 is 5.91 Å². The number of aryl methyl sites for hydroxylation is 1. The SMILES string of the molecule is CCc1nc(C(N)=O)c(Nc2cccc(C(C)CNC(=O)CNC)c2)nc1N(C)CC. The number of carbonyl (C=O) groups is 2. The lowest BCUT2D eigenvalue weighted by atomic mass is 10.0. The minimum Gasteiger partial charge on any atom is -0.364 e. The molecule has 1 atom stereocenters. The minimum absolute atomic E-state index is 0.0476. The van der Waals surface area contributed by atoms with Crippen molar-refractivity contribution in [2.75, 3.05) is 43.9 Å². The number of primary amides is 1. The van der Waals surface area contributed by atoms with Crippen LogP contribution in [0.5, 0.6) is 0 Å². The first-order valence-electron chi connectivity index (χ1n) is 10.5. The van der Waals surface area contributed by atoms with E-state index in [1.807, 2.05) is 57.0 Å². The van der Waals surface area contributed by atoms with Gasteiger partial charge in [0.15, 0.2) is 17.3 Å². The largest absolute Gasteiger partial charge is 0.364 e. The van der Waals surface area contributed by atoms with Gasteiger partial charge in [0.1, 0.15) is 0 Å². The van der Waals surface area contributed by atoms with Crippen LogP contribution in [0.2, 0.25) is 0 Å². The summed E-state index contributed by atoms with van der Waals surface area (Å²) in [5.74, 6) is 0.468. The molecule has 0 fully saturated rings. The van der Waals surface area contributed by atoms with Crippen LogP contribution in [0.4, 0.5) is 17.3 Å². The minimum atomic E-state index is -0.632. The number of likely N-dealkylation sites (N-methyl/N-ethyl adjacent to an activating group) is 1. The zero-order valence-electron chi connectivity index (χ0n) is 19.0. The molecule has 0 saturated heterocycles. The molecule has 0 aliphatic heterocycles. The predicted molar refractivity (Wildman–Crippen MR) is 124 cm³/mol. The Balaban J connectivity index is 2.30. The predicted octanol–water partition coefficient (Wildman–Crippen LogP) is 1.78. The van der Waals surface area contributed by atoms with E-state index in [2.05, 4.69) is 25.9 Å². The Hall–Kier alpha value is -3.20. The molecule has 1 aromatic carbocycles. The van der Waals surface area contributed by atoms with Gasteiger partial charge in [0, 0.05) is 25.8 Å². The molecule has 0 radical (unpaired) electrons. The van der Waals surface area contributed by atoms with Gasteiger partial charge in [0.25, 0.3) is 5.91 Å². The average Bonchev–Trinajstić information content (AvgIpc) is 2.76. The fourth-order valence-corrected chi connectivity index (χ4v) is 3.08. The maximum absolute atomic E-state index is 12.0. The van der Waals surface area contributed by atoms with Crippen molar-refractivity contribution in [2.45, 2.75) is 33.1 Å². The van der Waals surface area contributed by atoms with Crippen LogP contribution in [-0.2, 0) is 11.2 Å². The summed E-state index contributed by atoms with van der Waals surface area (Å²) in [6.07, 6.45) is 0.638. The van der Waals surface area contributed by atoms with Gasteiger partial charge in [-0.3, -0.25) is 9.59 Å². The first kappa shape index (κ1) is 24.1. The van der Waals surface area contributed by atoms with Gasteiger partial charge in [-0.25, -0.2) is 9.97 Å². The molecule has 31 heavy (non-hydrogen) atoms. The van der Waals surface area contributed by atoms with Crippen molar-refractivity contribution < 1.29 is 9.59 Å². The highest BCUT2D eigenvalue weighted by Crippen LogP contribution is 2.26. The van der Waals surface area contributed by atoms with Crippen molar-refractivity contribution >= 4 is 29.1 Å². The molecule has 2 amide bonds. The van der Waals surface area contributed by atoms with E-state index in [1.165, 1.54) is 0 Å². The van der Waals surface area contributed by atoms with Gasteiger partial charge >= 0.3 is 0 Å². The van der Waals surface area contributed by atoms with Gasteiger partial charge in [0.05, 0.1) is 12.2 Å². The summed E-state index contributed by atoms with van der Waals surface area (Å²) < 4.78 is 0. The van der Waals surface area contributed by atoms with E-state index in [0.29, 0.717) is 24.6 Å². The number of benzene rings is 1. The average molecular weight is 428 g/mol. The van der Waals surface area contributed by atoms with E-state index in [1.54, 1.807) is 7.05 Å². The van der Waals surface area contributed by atoms with Crippen molar-refractivity contribution in [1.29, 1.82) is 0 Å². The Morgan fingerprint density at radius 1 is 1.23 bits per heavy atom. The molecule has 0 aliphatic rings. The zero-order chi connectivity index (χ0) is 23.0. The number of carbonyl (C=O) groups excluding carboxylic acids is 2. The number of anilines is 3. The number of hydrogen-bond acceptors (Lipinski definition) is 7. The second-order valence-corrected chi connectivity index (χ2v) is 7.41. The summed E-state index contributed by atoms with van der Waals surface area (Å²) in [5.41, 5.74) is 8.22. The lowest BCUT2D eigenvalue weighted by Crippen LogP contribution is -2.34. The van der Waals surface area contributed by atoms with Crippen LogP contribution in [0, 0.1) is 0 Å². The fraction of sp³-hybridized carbons (Fsp3) is 0.455. The Kier molecular flexibility index (Phi) is 8.75. The number of nitrogens with two attached hydrogens (primary N) is 1. The first-order chi connectivity index (χ1) is 14.8. The van der Waals surface area contributed by atoms with Gasteiger partial charge in [-0.2, -0.15) is 0 Å². The van der Waals surface area contributed by atoms with Gasteiger partial charge < -0.3 is 26.6 Å².